The van der Waals surface area contributed by atoms with Crippen molar-refractivity contribution in [2.75, 3.05) is 7.05 Å². The fourth-order valence-electron chi connectivity index (χ4n) is 2.40. The molecule has 0 saturated heterocycles. The first kappa shape index (κ1) is 10.5. The smallest absolute Gasteiger partial charge is 0.119 e. The fraction of sp³-hybridized carbons (Fsp3) is 0.538. The molecule has 0 heterocycles. The van der Waals surface area contributed by atoms with Crippen molar-refractivity contribution in [1.29, 1.82) is 0 Å². The third kappa shape index (κ3) is 1.74. The van der Waals surface area contributed by atoms with E-state index in [0.717, 1.165) is 18.4 Å². The summed E-state index contributed by atoms with van der Waals surface area (Å²) in [6, 6.07) is 6.90. The molecule has 2 nitrogen and oxygen atoms in total. The fourth-order valence-corrected chi connectivity index (χ4v) is 2.40. The predicted octanol–water partition coefficient (Wildman–Crippen LogP) is 2.72. The van der Waals surface area contributed by atoms with E-state index in [-0.39, 0.29) is 0 Å². The Morgan fingerprint density at radius 1 is 1.40 bits per heavy atom. The van der Waals surface area contributed by atoms with E-state index in [1.54, 1.807) is 6.07 Å². The lowest BCUT2D eigenvalue weighted by atomic mass is 10.1. The molecule has 0 radical (unpaired) electrons. The van der Waals surface area contributed by atoms with Crippen LogP contribution in [0.3, 0.4) is 0 Å². The van der Waals surface area contributed by atoms with E-state index in [0.29, 0.717) is 17.8 Å². The lowest BCUT2D eigenvalue weighted by Crippen LogP contribution is -2.29. The van der Waals surface area contributed by atoms with E-state index in [1.165, 1.54) is 5.56 Å². The third-order valence-corrected chi connectivity index (χ3v) is 3.52. The molecule has 1 unspecified atom stereocenters. The molecule has 0 spiro atoms. The highest BCUT2D eigenvalue weighted by molar-refractivity contribution is 5.44. The second-order valence-electron chi connectivity index (χ2n) is 4.66. The number of benzene rings is 1. The predicted molar refractivity (Wildman–Crippen MR) is 62.1 cm³/mol. The molecule has 15 heavy (non-hydrogen) atoms. The van der Waals surface area contributed by atoms with Gasteiger partial charge in [-0.15, -0.1) is 0 Å². The first-order chi connectivity index (χ1) is 7.11. The molecule has 82 valence electrons. The van der Waals surface area contributed by atoms with Crippen molar-refractivity contribution in [1.82, 2.24) is 4.90 Å². The average Bonchev–Trinajstić information content (AvgIpc) is 2.61. The van der Waals surface area contributed by atoms with Crippen LogP contribution >= 0.6 is 0 Å². The van der Waals surface area contributed by atoms with Crippen LogP contribution in [0.1, 0.15) is 37.4 Å². The van der Waals surface area contributed by atoms with Gasteiger partial charge in [0, 0.05) is 12.1 Å². The lowest BCUT2D eigenvalue weighted by molar-refractivity contribution is 0.196. The quantitative estimate of drug-likeness (QED) is 0.802. The molecule has 1 aromatic carbocycles. The number of aromatic hydroxyl groups is 1. The van der Waals surface area contributed by atoms with Gasteiger partial charge >= 0.3 is 0 Å². The number of hydrogen-bond acceptors (Lipinski definition) is 2. The maximum atomic E-state index is 9.75. The van der Waals surface area contributed by atoms with Gasteiger partial charge in [-0.1, -0.05) is 12.1 Å². The van der Waals surface area contributed by atoms with Crippen LogP contribution in [0.5, 0.6) is 5.75 Å². The molecule has 0 saturated carbocycles. The van der Waals surface area contributed by atoms with Gasteiger partial charge < -0.3 is 5.11 Å². The summed E-state index contributed by atoms with van der Waals surface area (Å²) in [6.07, 6.45) is 2.13. The highest BCUT2D eigenvalue weighted by Crippen LogP contribution is 2.39. The van der Waals surface area contributed by atoms with Gasteiger partial charge in [-0.2, -0.15) is 0 Å². The van der Waals surface area contributed by atoms with Gasteiger partial charge in [0.15, 0.2) is 0 Å². The van der Waals surface area contributed by atoms with E-state index in [4.69, 9.17) is 0 Å². The normalized spacial score (nSPS) is 19.9. The minimum absolute atomic E-state index is 0.465. The molecular weight excluding hydrogens is 186 g/mol. The molecule has 0 amide bonds. The standard InChI is InChI=1S/C13H19NO/c1-9(2)14(3)12-8-7-11-10(12)5-4-6-13(11)15/h4-6,9,12,15H,7-8H2,1-3H3. The van der Waals surface area contributed by atoms with Crippen LogP contribution in [0, 0.1) is 0 Å². The van der Waals surface area contributed by atoms with E-state index in [9.17, 15) is 5.11 Å². The van der Waals surface area contributed by atoms with Crippen LogP contribution in [0.15, 0.2) is 18.2 Å². The van der Waals surface area contributed by atoms with Gasteiger partial charge in [0.05, 0.1) is 0 Å². The van der Waals surface area contributed by atoms with Crippen LogP contribution in [-0.2, 0) is 6.42 Å². The molecule has 2 rings (SSSR count). The van der Waals surface area contributed by atoms with Crippen molar-refractivity contribution in [3.8, 4) is 5.75 Å². The summed E-state index contributed by atoms with van der Waals surface area (Å²) in [5.74, 6) is 0.465. The molecular formula is C13H19NO. The van der Waals surface area contributed by atoms with Crippen molar-refractivity contribution in [3.05, 3.63) is 29.3 Å². The van der Waals surface area contributed by atoms with Crippen LogP contribution in [0.25, 0.3) is 0 Å². The summed E-state index contributed by atoms with van der Waals surface area (Å²) in [7, 11) is 2.16. The first-order valence-electron chi connectivity index (χ1n) is 5.64. The zero-order chi connectivity index (χ0) is 11.0. The van der Waals surface area contributed by atoms with Gasteiger partial charge in [0.1, 0.15) is 5.75 Å². The molecule has 0 fully saturated rings. The van der Waals surface area contributed by atoms with E-state index >= 15 is 0 Å². The average molecular weight is 205 g/mol. The first-order valence-corrected chi connectivity index (χ1v) is 5.64. The number of phenolic OH excluding ortho intramolecular Hbond substituents is 1. The molecule has 0 aromatic heterocycles. The molecule has 1 aromatic rings. The number of rotatable bonds is 2. The zero-order valence-corrected chi connectivity index (χ0v) is 9.70. The Morgan fingerprint density at radius 3 is 2.80 bits per heavy atom. The Balaban J connectivity index is 2.33. The monoisotopic (exact) mass is 205 g/mol. The van der Waals surface area contributed by atoms with Gasteiger partial charge in [-0.05, 0) is 50.9 Å². The molecule has 1 aliphatic carbocycles. The van der Waals surface area contributed by atoms with E-state index in [1.807, 2.05) is 6.07 Å². The van der Waals surface area contributed by atoms with Crippen molar-refractivity contribution >= 4 is 0 Å². The lowest BCUT2D eigenvalue weighted by Gasteiger charge is -2.28. The maximum absolute atomic E-state index is 9.75. The Kier molecular flexibility index (Phi) is 2.70. The molecule has 1 atom stereocenters. The largest absolute Gasteiger partial charge is 0.508 e. The number of nitrogens with zero attached hydrogens (tertiary/aromatic N) is 1. The van der Waals surface area contributed by atoms with Crippen LogP contribution in [0.2, 0.25) is 0 Å². The van der Waals surface area contributed by atoms with E-state index in [2.05, 4.69) is 31.9 Å². The summed E-state index contributed by atoms with van der Waals surface area (Å²) >= 11 is 0. The summed E-state index contributed by atoms with van der Waals surface area (Å²) in [6.45, 7) is 4.42. The Labute approximate surface area is 91.5 Å². The summed E-state index contributed by atoms with van der Waals surface area (Å²) in [5.41, 5.74) is 2.46. The molecule has 1 aliphatic rings. The van der Waals surface area contributed by atoms with Gasteiger partial charge in [-0.25, -0.2) is 0 Å². The molecule has 1 N–H and O–H groups in total. The summed E-state index contributed by atoms with van der Waals surface area (Å²) < 4.78 is 0. The van der Waals surface area contributed by atoms with Gasteiger partial charge in [0.2, 0.25) is 0 Å². The molecule has 0 bridgehead atoms. The number of hydrogen-bond donors (Lipinski definition) is 1. The minimum Gasteiger partial charge on any atom is -0.508 e. The third-order valence-electron chi connectivity index (χ3n) is 3.52. The second-order valence-corrected chi connectivity index (χ2v) is 4.66. The van der Waals surface area contributed by atoms with Crippen LogP contribution in [0.4, 0.5) is 0 Å². The van der Waals surface area contributed by atoms with Gasteiger partial charge in [0.25, 0.3) is 0 Å². The SMILES string of the molecule is CC(C)N(C)C1CCc2c(O)cccc21. The number of fused-ring (bicyclic) bond motifs is 1. The number of phenols is 1. The second kappa shape index (κ2) is 3.86. The summed E-state index contributed by atoms with van der Waals surface area (Å²) in [5, 5.41) is 9.75. The maximum Gasteiger partial charge on any atom is 0.119 e. The summed E-state index contributed by atoms with van der Waals surface area (Å²) in [4.78, 5) is 2.38. The molecule has 2 heteroatoms. The zero-order valence-electron chi connectivity index (χ0n) is 9.70. The Morgan fingerprint density at radius 2 is 2.13 bits per heavy atom. The van der Waals surface area contributed by atoms with Crippen molar-refractivity contribution in [2.45, 2.75) is 38.8 Å². The van der Waals surface area contributed by atoms with Crippen molar-refractivity contribution in [3.63, 3.8) is 0 Å². The van der Waals surface area contributed by atoms with Gasteiger partial charge in [-0.3, -0.25) is 4.90 Å². The van der Waals surface area contributed by atoms with Crippen LogP contribution in [-0.4, -0.2) is 23.1 Å². The molecule has 0 aliphatic heterocycles. The minimum atomic E-state index is 0.465. The Bertz CT molecular complexity index is 360. The van der Waals surface area contributed by atoms with Crippen molar-refractivity contribution in [2.24, 2.45) is 0 Å². The topological polar surface area (TPSA) is 23.5 Å². The van der Waals surface area contributed by atoms with Crippen LogP contribution < -0.4 is 0 Å². The Hall–Kier alpha value is -1.02. The highest BCUT2D eigenvalue weighted by atomic mass is 16.3. The van der Waals surface area contributed by atoms with E-state index < -0.39 is 0 Å². The highest BCUT2D eigenvalue weighted by Gasteiger charge is 2.28. The van der Waals surface area contributed by atoms with Crippen molar-refractivity contribution < 1.29 is 5.11 Å².